The first-order chi connectivity index (χ1) is 26.1. The van der Waals surface area contributed by atoms with Crippen LogP contribution in [0.25, 0.3) is 65.5 Å². The van der Waals surface area contributed by atoms with Crippen LogP contribution in [0.3, 0.4) is 0 Å². The molecule has 16 rings (SSSR count). The van der Waals surface area contributed by atoms with Crippen molar-refractivity contribution in [3.8, 4) is 5.69 Å². The first kappa shape index (κ1) is 27.8. The van der Waals surface area contributed by atoms with E-state index in [1.165, 1.54) is 125 Å². The van der Waals surface area contributed by atoms with Crippen molar-refractivity contribution in [2.24, 2.45) is 29.1 Å². The minimum atomic E-state index is 0.0809. The summed E-state index contributed by atoms with van der Waals surface area (Å²) in [5.74, 6) is 5.64. The summed E-state index contributed by atoms with van der Waals surface area (Å²) in [5.41, 5.74) is 12.1. The highest BCUT2D eigenvalue weighted by atomic mass is 16.1. The van der Waals surface area contributed by atoms with Gasteiger partial charge in [0.15, 0.2) is 0 Å². The molecule has 258 valence electrons. The molecular weight excluding hydrogens is 649 g/mol. The van der Waals surface area contributed by atoms with E-state index in [-0.39, 0.29) is 5.56 Å². The van der Waals surface area contributed by atoms with Gasteiger partial charge in [-0.1, -0.05) is 36.4 Å². The molecule has 5 heterocycles. The van der Waals surface area contributed by atoms with Crippen LogP contribution in [0.15, 0.2) is 77.9 Å². The molecule has 5 nitrogen and oxygen atoms in total. The maximum Gasteiger partial charge on any atom is 0.263 e. The van der Waals surface area contributed by atoms with Gasteiger partial charge in [-0.2, -0.15) is 0 Å². The van der Waals surface area contributed by atoms with Crippen molar-refractivity contribution < 1.29 is 0 Å². The van der Waals surface area contributed by atoms with E-state index in [2.05, 4.69) is 59.3 Å². The summed E-state index contributed by atoms with van der Waals surface area (Å²) in [6, 6.07) is 21.3. The fourth-order valence-corrected chi connectivity index (χ4v) is 15.4. The van der Waals surface area contributed by atoms with E-state index in [9.17, 15) is 0 Å². The van der Waals surface area contributed by atoms with Crippen molar-refractivity contribution in [1.29, 1.82) is 0 Å². The van der Waals surface area contributed by atoms with Crippen LogP contribution in [0.5, 0.6) is 0 Å². The lowest BCUT2D eigenvalue weighted by Gasteiger charge is -2.48. The Morgan fingerprint density at radius 2 is 1.25 bits per heavy atom. The van der Waals surface area contributed by atoms with E-state index in [0.717, 1.165) is 51.0 Å². The van der Waals surface area contributed by atoms with E-state index in [1.807, 2.05) is 22.8 Å². The van der Waals surface area contributed by atoms with Gasteiger partial charge in [-0.15, -0.1) is 0 Å². The zero-order chi connectivity index (χ0) is 34.1. The minimum Gasteiger partial charge on any atom is -0.305 e. The van der Waals surface area contributed by atoms with E-state index >= 15 is 4.79 Å². The van der Waals surface area contributed by atoms with E-state index < -0.39 is 0 Å². The third-order valence-corrected chi connectivity index (χ3v) is 17.0. The molecule has 7 unspecified atom stereocenters. The van der Waals surface area contributed by atoms with Gasteiger partial charge in [-0.05, 0) is 141 Å². The molecule has 5 aromatic heterocycles. The summed E-state index contributed by atoms with van der Waals surface area (Å²) in [7, 11) is 0. The highest BCUT2D eigenvalue weighted by Gasteiger charge is 2.66. The fourth-order valence-electron chi connectivity index (χ4n) is 15.4. The van der Waals surface area contributed by atoms with Crippen LogP contribution in [0.2, 0.25) is 0 Å². The van der Waals surface area contributed by atoms with Crippen LogP contribution < -0.4 is 5.56 Å². The monoisotopic (exact) mass is 688 g/mol. The Labute approximate surface area is 306 Å². The van der Waals surface area contributed by atoms with Gasteiger partial charge in [0, 0.05) is 66.6 Å². The zero-order valence-corrected chi connectivity index (χ0v) is 29.8. The van der Waals surface area contributed by atoms with Crippen molar-refractivity contribution >= 4 is 59.8 Å². The van der Waals surface area contributed by atoms with Crippen molar-refractivity contribution in [3.63, 3.8) is 0 Å². The maximum absolute atomic E-state index is 15.4. The molecule has 1 spiro atoms. The van der Waals surface area contributed by atoms with Gasteiger partial charge < -0.3 is 4.40 Å². The van der Waals surface area contributed by atoms with Crippen molar-refractivity contribution in [2.45, 2.75) is 87.9 Å². The summed E-state index contributed by atoms with van der Waals surface area (Å²) in [4.78, 5) is 26.4. The van der Waals surface area contributed by atoms with Crippen LogP contribution in [0, 0.1) is 29.1 Å². The Hall–Kier alpha value is -4.77. The Kier molecular flexibility index (Phi) is 4.69. The summed E-state index contributed by atoms with van der Waals surface area (Å²) in [5, 5.41) is 8.47. The van der Waals surface area contributed by atoms with Crippen molar-refractivity contribution in [3.05, 3.63) is 106 Å². The molecule has 7 bridgehead atoms. The van der Waals surface area contributed by atoms with Gasteiger partial charge in [0.05, 0.1) is 34.5 Å². The third kappa shape index (κ3) is 3.04. The van der Waals surface area contributed by atoms with Gasteiger partial charge in [0.1, 0.15) is 0 Å². The van der Waals surface area contributed by atoms with E-state index in [4.69, 9.17) is 9.97 Å². The number of rotatable bonds is 1. The number of pyridine rings is 3. The number of hydrogen-bond acceptors (Lipinski definition) is 3. The largest absolute Gasteiger partial charge is 0.305 e. The molecule has 8 aromatic rings. The zero-order valence-electron chi connectivity index (χ0n) is 29.8. The average molecular weight is 689 g/mol. The summed E-state index contributed by atoms with van der Waals surface area (Å²) >= 11 is 0. The molecule has 7 atom stereocenters. The minimum absolute atomic E-state index is 0.0809. The van der Waals surface area contributed by atoms with Crippen LogP contribution in [-0.4, -0.2) is 18.9 Å². The Bertz CT molecular complexity index is 3050. The van der Waals surface area contributed by atoms with Crippen LogP contribution in [0.4, 0.5) is 0 Å². The Balaban J connectivity index is 1.18. The lowest BCUT2D eigenvalue weighted by atomic mass is 9.56. The average Bonchev–Trinajstić information content (AvgIpc) is 3.82. The lowest BCUT2D eigenvalue weighted by Crippen LogP contribution is -2.41. The highest BCUT2D eigenvalue weighted by molar-refractivity contribution is 6.35. The summed E-state index contributed by atoms with van der Waals surface area (Å²) < 4.78 is 4.56. The molecule has 5 fully saturated rings. The Morgan fingerprint density at radius 1 is 0.566 bits per heavy atom. The molecular formula is C48H40N4O. The topological polar surface area (TPSA) is 52.2 Å². The van der Waals surface area contributed by atoms with Crippen molar-refractivity contribution in [2.75, 3.05) is 0 Å². The molecule has 5 heteroatoms. The van der Waals surface area contributed by atoms with Gasteiger partial charge in [-0.3, -0.25) is 19.3 Å². The Morgan fingerprint density at radius 3 is 2.08 bits per heavy atom. The molecule has 8 aliphatic rings. The molecule has 0 N–H and O–H groups in total. The molecule has 0 aliphatic heterocycles. The lowest BCUT2D eigenvalue weighted by molar-refractivity contribution is 0.00321. The van der Waals surface area contributed by atoms with Gasteiger partial charge in [0.2, 0.25) is 0 Å². The SMILES string of the molecule is O=c1c2cc3c4c5c(ncc4n4c6cnc7c(c6c(c2c2ccccc2n1-c1ccccc1)c34)C1CC2CC(CC7C2)C1)C1CC2CC3CC5CC23C1. The van der Waals surface area contributed by atoms with E-state index in [1.54, 1.807) is 0 Å². The molecule has 0 amide bonds. The predicted octanol–water partition coefficient (Wildman–Crippen LogP) is 10.9. The second kappa shape index (κ2) is 8.94. The number of benzene rings is 3. The molecule has 0 saturated heterocycles. The van der Waals surface area contributed by atoms with Crippen LogP contribution in [-0.2, 0) is 0 Å². The molecule has 8 aliphatic carbocycles. The van der Waals surface area contributed by atoms with E-state index in [0.29, 0.717) is 29.1 Å². The number of nitrogens with zero attached hydrogens (tertiary/aromatic N) is 4. The highest BCUT2D eigenvalue weighted by Crippen LogP contribution is 2.76. The standard InChI is InChI=1S/C48H40N4O/c53-47-34-18-33-41-36(21-50-45-28-16-30-17-29-15-27(39(41)45)19-48(29,30)20-28)52-37-22-49-44-26-13-23-10-24(14-26)12-25(11-23)38(44)42(37)43(46(33)52)40(34)32-8-4-5-9-35(32)51(47)31-6-2-1-3-7-31/h1-9,18,21-30H,10-17,19-20H2. The second-order valence-corrected chi connectivity index (χ2v) is 19.0. The van der Waals surface area contributed by atoms with Crippen molar-refractivity contribution in [1.82, 2.24) is 18.9 Å². The van der Waals surface area contributed by atoms with Gasteiger partial charge in [-0.25, -0.2) is 0 Å². The molecule has 5 saturated carbocycles. The first-order valence-corrected chi connectivity index (χ1v) is 20.7. The number of para-hydroxylation sites is 2. The maximum atomic E-state index is 15.4. The van der Waals surface area contributed by atoms with Crippen LogP contribution >= 0.6 is 0 Å². The molecule has 0 radical (unpaired) electrons. The van der Waals surface area contributed by atoms with Gasteiger partial charge in [0.25, 0.3) is 5.56 Å². The quantitative estimate of drug-likeness (QED) is 0.161. The summed E-state index contributed by atoms with van der Waals surface area (Å²) in [6.45, 7) is 0. The number of fused-ring (bicyclic) bond motifs is 16. The molecule has 3 aromatic carbocycles. The second-order valence-electron chi connectivity index (χ2n) is 19.0. The third-order valence-electron chi connectivity index (χ3n) is 17.0. The first-order valence-electron chi connectivity index (χ1n) is 20.7. The van der Waals surface area contributed by atoms with Crippen LogP contribution in [0.1, 0.15) is 110 Å². The van der Waals surface area contributed by atoms with Gasteiger partial charge >= 0.3 is 0 Å². The molecule has 53 heavy (non-hydrogen) atoms. The normalized spacial score (nSPS) is 33.1. The smallest absolute Gasteiger partial charge is 0.263 e. The summed E-state index contributed by atoms with van der Waals surface area (Å²) in [6.07, 6.45) is 17.8. The number of aromatic nitrogens is 4. The predicted molar refractivity (Wildman–Crippen MR) is 211 cm³/mol. The number of hydrogen-bond donors (Lipinski definition) is 0. The fraction of sp³-hybridized carbons (Fsp3) is 0.396.